The van der Waals surface area contributed by atoms with E-state index in [-0.39, 0.29) is 0 Å². The lowest BCUT2D eigenvalue weighted by atomic mass is 9.73. The Kier molecular flexibility index (Phi) is 5.17. The minimum atomic E-state index is -0.518. The van der Waals surface area contributed by atoms with Crippen molar-refractivity contribution in [3.63, 3.8) is 0 Å². The number of benzene rings is 6. The maximum absolute atomic E-state index is 5.51. The van der Waals surface area contributed by atoms with Gasteiger partial charge in [0.05, 0.1) is 28.1 Å². The van der Waals surface area contributed by atoms with Gasteiger partial charge in [0.25, 0.3) is 0 Å². The molecule has 6 aromatic carbocycles. The lowest BCUT2D eigenvalue weighted by molar-refractivity contribution is 0.738. The van der Waals surface area contributed by atoms with Crippen LogP contribution in [0.3, 0.4) is 0 Å². The third kappa shape index (κ3) is 3.30. The molecular formula is C42H26N4. The highest BCUT2D eigenvalue weighted by Crippen LogP contribution is 2.60. The van der Waals surface area contributed by atoms with Crippen LogP contribution in [0.25, 0.3) is 61.8 Å². The molecule has 0 N–H and O–H groups in total. The molecule has 4 nitrogen and oxygen atoms in total. The van der Waals surface area contributed by atoms with Gasteiger partial charge in [-0.3, -0.25) is 4.57 Å². The summed E-state index contributed by atoms with van der Waals surface area (Å²) < 4.78 is 2.39. The molecule has 0 saturated heterocycles. The second kappa shape index (κ2) is 9.43. The third-order valence-electron chi connectivity index (χ3n) is 9.62. The summed E-state index contributed by atoms with van der Waals surface area (Å²) in [4.78, 5) is 15.8. The Morgan fingerprint density at radius 1 is 0.435 bits per heavy atom. The second-order valence-electron chi connectivity index (χ2n) is 12.0. The van der Waals surface area contributed by atoms with Gasteiger partial charge in [-0.25, -0.2) is 15.0 Å². The van der Waals surface area contributed by atoms with Crippen molar-refractivity contribution in [3.05, 3.63) is 180 Å². The van der Waals surface area contributed by atoms with Crippen LogP contribution in [-0.4, -0.2) is 19.5 Å². The molecule has 0 saturated carbocycles. The molecule has 1 spiro atoms. The van der Waals surface area contributed by atoms with E-state index in [2.05, 4.69) is 138 Å². The summed E-state index contributed by atoms with van der Waals surface area (Å²) in [7, 11) is 0. The highest BCUT2D eigenvalue weighted by Gasteiger charge is 2.54. The molecule has 0 radical (unpaired) electrons. The Morgan fingerprint density at radius 2 is 1.00 bits per heavy atom. The van der Waals surface area contributed by atoms with Crippen LogP contribution in [0.1, 0.15) is 22.5 Å². The highest BCUT2D eigenvalue weighted by atomic mass is 15.1. The average Bonchev–Trinajstić information content (AvgIpc) is 3.76. The molecule has 0 amide bonds. The number of nitrogens with zero attached hydrogens (tertiary/aromatic N) is 4. The van der Waals surface area contributed by atoms with Gasteiger partial charge in [-0.15, -0.1) is 0 Å². The van der Waals surface area contributed by atoms with Crippen LogP contribution < -0.4 is 0 Å². The lowest BCUT2D eigenvalue weighted by Gasteiger charge is -2.27. The van der Waals surface area contributed by atoms with E-state index in [4.69, 9.17) is 15.0 Å². The van der Waals surface area contributed by atoms with Crippen molar-refractivity contribution in [2.24, 2.45) is 0 Å². The van der Waals surface area contributed by atoms with Crippen LogP contribution in [-0.2, 0) is 5.41 Å². The predicted molar refractivity (Wildman–Crippen MR) is 184 cm³/mol. The summed E-state index contributed by atoms with van der Waals surface area (Å²) in [5.74, 6) is 1.72. The number of para-hydroxylation sites is 2. The fraction of sp³-hybridized carbons (Fsp3) is 0.0238. The number of hydrogen-bond acceptors (Lipinski definition) is 3. The molecular weight excluding hydrogens is 560 g/mol. The fourth-order valence-corrected chi connectivity index (χ4v) is 7.75. The normalized spacial score (nSPS) is 13.4. The smallest absolute Gasteiger partial charge is 0.160 e. The van der Waals surface area contributed by atoms with Gasteiger partial charge in [-0.05, 0) is 46.0 Å². The third-order valence-corrected chi connectivity index (χ3v) is 9.62. The minimum Gasteiger partial charge on any atom is -0.294 e. The van der Waals surface area contributed by atoms with Gasteiger partial charge in [0.2, 0.25) is 0 Å². The first-order chi connectivity index (χ1) is 22.8. The highest BCUT2D eigenvalue weighted by molar-refractivity contribution is 5.97. The molecule has 46 heavy (non-hydrogen) atoms. The average molecular weight is 587 g/mol. The quantitative estimate of drug-likeness (QED) is 0.207. The molecule has 2 aliphatic rings. The largest absolute Gasteiger partial charge is 0.294 e. The van der Waals surface area contributed by atoms with Crippen LogP contribution >= 0.6 is 0 Å². The Labute approximate surface area is 266 Å². The number of fused-ring (bicyclic) bond motifs is 12. The summed E-state index contributed by atoms with van der Waals surface area (Å²) in [5.41, 5.74) is 13.8. The van der Waals surface area contributed by atoms with Gasteiger partial charge in [-0.1, -0.05) is 140 Å². The lowest BCUT2D eigenvalue weighted by Crippen LogP contribution is -2.27. The molecule has 8 aromatic rings. The predicted octanol–water partition coefficient (Wildman–Crippen LogP) is 9.49. The first kappa shape index (κ1) is 25.2. The maximum atomic E-state index is 5.51. The molecule has 0 unspecified atom stereocenters. The molecule has 4 heteroatoms. The monoisotopic (exact) mass is 586 g/mol. The van der Waals surface area contributed by atoms with Crippen LogP contribution in [0.15, 0.2) is 158 Å². The van der Waals surface area contributed by atoms with Gasteiger partial charge >= 0.3 is 0 Å². The molecule has 0 atom stereocenters. The topological polar surface area (TPSA) is 43.6 Å². The van der Waals surface area contributed by atoms with E-state index in [1.54, 1.807) is 0 Å². The Hall–Kier alpha value is -6.13. The second-order valence-corrected chi connectivity index (χ2v) is 12.0. The molecule has 1 aliphatic heterocycles. The van der Waals surface area contributed by atoms with Crippen molar-refractivity contribution in [1.29, 1.82) is 0 Å². The zero-order valence-corrected chi connectivity index (χ0v) is 24.8. The van der Waals surface area contributed by atoms with Crippen LogP contribution in [0, 0.1) is 0 Å². The Morgan fingerprint density at radius 3 is 1.72 bits per heavy atom. The number of aromatic nitrogens is 4. The molecule has 10 rings (SSSR count). The van der Waals surface area contributed by atoms with Crippen molar-refractivity contribution in [2.45, 2.75) is 5.41 Å². The first-order valence-electron chi connectivity index (χ1n) is 15.6. The summed E-state index contributed by atoms with van der Waals surface area (Å²) in [6.07, 6.45) is 0. The van der Waals surface area contributed by atoms with Crippen molar-refractivity contribution in [3.8, 4) is 50.7 Å². The first-order valence-corrected chi connectivity index (χ1v) is 15.6. The SMILES string of the molecule is c1ccc(-c2cc(-c3cccc4nc5n(c34)-c3ccccc3C53c4ccccc4-c4ccccc43)nc(-c3ccccc3)n2)cc1. The summed E-state index contributed by atoms with van der Waals surface area (Å²) >= 11 is 0. The van der Waals surface area contributed by atoms with Gasteiger partial charge in [0, 0.05) is 16.7 Å². The summed E-state index contributed by atoms with van der Waals surface area (Å²) in [6.45, 7) is 0. The zero-order valence-electron chi connectivity index (χ0n) is 24.8. The van der Waals surface area contributed by atoms with Gasteiger partial charge in [-0.2, -0.15) is 0 Å². The van der Waals surface area contributed by atoms with E-state index in [0.29, 0.717) is 5.82 Å². The van der Waals surface area contributed by atoms with E-state index in [1.807, 2.05) is 24.3 Å². The minimum absolute atomic E-state index is 0.518. The molecule has 1 aliphatic carbocycles. The van der Waals surface area contributed by atoms with Crippen molar-refractivity contribution in [1.82, 2.24) is 19.5 Å². The van der Waals surface area contributed by atoms with E-state index in [0.717, 1.165) is 50.6 Å². The Bertz CT molecular complexity index is 2370. The van der Waals surface area contributed by atoms with Crippen molar-refractivity contribution in [2.75, 3.05) is 0 Å². The summed E-state index contributed by atoms with van der Waals surface area (Å²) in [5, 5.41) is 0. The molecule has 3 heterocycles. The van der Waals surface area contributed by atoms with E-state index in [9.17, 15) is 0 Å². The number of imidazole rings is 1. The molecule has 2 aromatic heterocycles. The Balaban J connectivity index is 1.30. The van der Waals surface area contributed by atoms with Crippen molar-refractivity contribution >= 4 is 11.0 Å². The van der Waals surface area contributed by atoms with Crippen LogP contribution in [0.2, 0.25) is 0 Å². The van der Waals surface area contributed by atoms with Gasteiger partial charge < -0.3 is 0 Å². The van der Waals surface area contributed by atoms with Crippen molar-refractivity contribution < 1.29 is 0 Å². The van der Waals surface area contributed by atoms with E-state index in [1.165, 1.54) is 27.8 Å². The zero-order chi connectivity index (χ0) is 30.2. The standard InChI is InChI=1S/C42H26N4/c1-3-14-27(15-4-1)36-26-37(44-40(43-36)28-16-5-2-6-17-28)31-20-13-24-35-39(31)46-38-25-12-11-23-34(38)42(41(46)45-35)32-21-9-7-18-29(32)30-19-8-10-22-33(30)42/h1-26H. The van der Waals surface area contributed by atoms with Gasteiger partial charge in [0.15, 0.2) is 5.82 Å². The fourth-order valence-electron chi connectivity index (χ4n) is 7.75. The molecule has 214 valence electrons. The molecule has 0 fully saturated rings. The van der Waals surface area contributed by atoms with Crippen LogP contribution in [0.5, 0.6) is 0 Å². The summed E-state index contributed by atoms with van der Waals surface area (Å²) in [6, 6.07) is 55.6. The van der Waals surface area contributed by atoms with Gasteiger partial charge in [0.1, 0.15) is 11.2 Å². The molecule has 0 bridgehead atoms. The number of rotatable bonds is 3. The maximum Gasteiger partial charge on any atom is 0.160 e. The van der Waals surface area contributed by atoms with E-state index < -0.39 is 5.41 Å². The number of hydrogen-bond donors (Lipinski definition) is 0. The van der Waals surface area contributed by atoms with E-state index >= 15 is 0 Å². The van der Waals surface area contributed by atoms with Crippen LogP contribution in [0.4, 0.5) is 0 Å².